The lowest BCUT2D eigenvalue weighted by molar-refractivity contribution is 0.0539. The summed E-state index contributed by atoms with van der Waals surface area (Å²) in [5.41, 5.74) is 0.688. The lowest BCUT2D eigenvalue weighted by atomic mass is 10.2. The molecule has 0 radical (unpaired) electrons. The summed E-state index contributed by atoms with van der Waals surface area (Å²) < 4.78 is 5.60. The Bertz CT molecular complexity index is 523. The highest BCUT2D eigenvalue weighted by Gasteiger charge is 2.22. The molecular formula is C16H21NO3S. The van der Waals surface area contributed by atoms with Gasteiger partial charge < -0.3 is 14.7 Å². The SMILES string of the molecule is CCN(CC1CCCO1)C(=O)c1csc(C#CCCO)c1. The Balaban J connectivity index is 1.98. The third-order valence-electron chi connectivity index (χ3n) is 3.41. The van der Waals surface area contributed by atoms with Crippen LogP contribution in [0, 0.1) is 11.8 Å². The van der Waals surface area contributed by atoms with Gasteiger partial charge in [0.2, 0.25) is 0 Å². The van der Waals surface area contributed by atoms with Crippen LogP contribution in [0.25, 0.3) is 0 Å². The van der Waals surface area contributed by atoms with Gasteiger partial charge in [0.25, 0.3) is 5.91 Å². The van der Waals surface area contributed by atoms with Crippen LogP contribution in [0.2, 0.25) is 0 Å². The van der Waals surface area contributed by atoms with Crippen molar-refractivity contribution in [1.29, 1.82) is 0 Å². The second-order valence-electron chi connectivity index (χ2n) is 4.95. The van der Waals surface area contributed by atoms with E-state index in [1.54, 1.807) is 0 Å². The van der Waals surface area contributed by atoms with E-state index in [2.05, 4.69) is 11.8 Å². The van der Waals surface area contributed by atoms with Crippen molar-refractivity contribution in [1.82, 2.24) is 4.90 Å². The van der Waals surface area contributed by atoms with Crippen LogP contribution in [0.1, 0.15) is 41.4 Å². The van der Waals surface area contributed by atoms with Gasteiger partial charge in [-0.25, -0.2) is 0 Å². The molecule has 0 aliphatic carbocycles. The molecule has 1 amide bonds. The molecule has 1 fully saturated rings. The number of aliphatic hydroxyl groups excluding tert-OH is 1. The van der Waals surface area contributed by atoms with E-state index in [9.17, 15) is 4.79 Å². The van der Waals surface area contributed by atoms with Gasteiger partial charge in [-0.05, 0) is 25.8 Å². The van der Waals surface area contributed by atoms with E-state index >= 15 is 0 Å². The summed E-state index contributed by atoms with van der Waals surface area (Å²) in [6.07, 6.45) is 2.75. The summed E-state index contributed by atoms with van der Waals surface area (Å²) in [6, 6.07) is 1.83. The quantitative estimate of drug-likeness (QED) is 0.848. The maximum atomic E-state index is 12.5. The Morgan fingerprint density at radius 2 is 2.48 bits per heavy atom. The van der Waals surface area contributed by atoms with Crippen molar-refractivity contribution in [2.45, 2.75) is 32.3 Å². The first-order chi connectivity index (χ1) is 10.2. The molecule has 1 aromatic heterocycles. The molecule has 1 aromatic rings. The third kappa shape index (κ3) is 4.57. The zero-order valence-corrected chi connectivity index (χ0v) is 13.1. The number of thiophene rings is 1. The zero-order valence-electron chi connectivity index (χ0n) is 12.3. The lowest BCUT2D eigenvalue weighted by Crippen LogP contribution is -2.37. The van der Waals surface area contributed by atoms with E-state index in [0.29, 0.717) is 25.1 Å². The van der Waals surface area contributed by atoms with Gasteiger partial charge in [0.1, 0.15) is 0 Å². The minimum atomic E-state index is 0.0412. The largest absolute Gasteiger partial charge is 0.395 e. The molecule has 1 atom stereocenters. The summed E-state index contributed by atoms with van der Waals surface area (Å²) >= 11 is 1.46. The summed E-state index contributed by atoms with van der Waals surface area (Å²) in [5, 5.41) is 10.6. The van der Waals surface area contributed by atoms with Crippen LogP contribution >= 0.6 is 11.3 Å². The number of aliphatic hydroxyl groups is 1. The fourth-order valence-corrected chi connectivity index (χ4v) is 3.04. The molecule has 1 aliphatic heterocycles. The molecule has 5 heteroatoms. The smallest absolute Gasteiger partial charge is 0.254 e. The molecule has 21 heavy (non-hydrogen) atoms. The number of likely N-dealkylation sites (N-methyl/N-ethyl adjacent to an activating group) is 1. The van der Waals surface area contributed by atoms with Crippen molar-refractivity contribution in [3.05, 3.63) is 21.9 Å². The van der Waals surface area contributed by atoms with Gasteiger partial charge in [-0.2, -0.15) is 0 Å². The summed E-state index contributed by atoms with van der Waals surface area (Å²) in [4.78, 5) is 15.2. The maximum Gasteiger partial charge on any atom is 0.254 e. The second kappa shape index (κ2) is 8.18. The molecule has 1 aliphatic rings. The molecule has 0 bridgehead atoms. The molecular weight excluding hydrogens is 286 g/mol. The standard InChI is InChI=1S/C16H21NO3S/c1-2-17(11-14-6-5-9-20-14)16(19)13-10-15(21-12-13)7-3-4-8-18/h10,12,14,18H,2,4-6,8-9,11H2,1H3. The van der Waals surface area contributed by atoms with Crippen LogP contribution in [0.4, 0.5) is 0 Å². The number of hydrogen-bond acceptors (Lipinski definition) is 4. The first kappa shape index (κ1) is 16.0. The lowest BCUT2D eigenvalue weighted by Gasteiger charge is -2.23. The number of carbonyl (C=O) groups excluding carboxylic acids is 1. The summed E-state index contributed by atoms with van der Waals surface area (Å²) in [7, 11) is 0. The fourth-order valence-electron chi connectivity index (χ4n) is 2.29. The van der Waals surface area contributed by atoms with Crippen molar-refractivity contribution in [2.75, 3.05) is 26.3 Å². The predicted molar refractivity (Wildman–Crippen MR) is 83.5 cm³/mol. The van der Waals surface area contributed by atoms with Gasteiger partial charge in [0, 0.05) is 31.5 Å². The predicted octanol–water partition coefficient (Wildman–Crippen LogP) is 2.12. The number of carbonyl (C=O) groups is 1. The Morgan fingerprint density at radius 1 is 1.62 bits per heavy atom. The van der Waals surface area contributed by atoms with E-state index < -0.39 is 0 Å². The molecule has 2 heterocycles. The average molecular weight is 307 g/mol. The van der Waals surface area contributed by atoms with Crippen LogP contribution in [0.5, 0.6) is 0 Å². The van der Waals surface area contributed by atoms with Gasteiger partial charge in [-0.15, -0.1) is 11.3 Å². The molecule has 0 saturated carbocycles. The van der Waals surface area contributed by atoms with Crippen molar-refractivity contribution in [3.8, 4) is 11.8 Å². The number of hydrogen-bond donors (Lipinski definition) is 1. The normalized spacial score (nSPS) is 17.3. The fraction of sp³-hybridized carbons (Fsp3) is 0.562. The van der Waals surface area contributed by atoms with Gasteiger partial charge in [-0.1, -0.05) is 11.8 Å². The van der Waals surface area contributed by atoms with E-state index in [1.807, 2.05) is 23.3 Å². The van der Waals surface area contributed by atoms with Crippen LogP contribution in [-0.4, -0.2) is 48.3 Å². The van der Waals surface area contributed by atoms with E-state index in [4.69, 9.17) is 9.84 Å². The number of ether oxygens (including phenoxy) is 1. The molecule has 2 rings (SSSR count). The van der Waals surface area contributed by atoms with Crippen LogP contribution in [0.3, 0.4) is 0 Å². The highest BCUT2D eigenvalue weighted by molar-refractivity contribution is 7.10. The third-order valence-corrected chi connectivity index (χ3v) is 4.26. The number of nitrogens with zero attached hydrogens (tertiary/aromatic N) is 1. The molecule has 1 saturated heterocycles. The van der Waals surface area contributed by atoms with Gasteiger partial charge in [-0.3, -0.25) is 4.79 Å². The van der Waals surface area contributed by atoms with Gasteiger partial charge in [0.15, 0.2) is 0 Å². The number of amides is 1. The van der Waals surface area contributed by atoms with Gasteiger partial charge >= 0.3 is 0 Å². The Kier molecular flexibility index (Phi) is 6.24. The van der Waals surface area contributed by atoms with Crippen LogP contribution in [0.15, 0.2) is 11.4 Å². The highest BCUT2D eigenvalue weighted by Crippen LogP contribution is 2.18. The van der Waals surface area contributed by atoms with Crippen molar-refractivity contribution >= 4 is 17.2 Å². The topological polar surface area (TPSA) is 49.8 Å². The average Bonchev–Trinajstić information content (AvgIpc) is 3.16. The minimum Gasteiger partial charge on any atom is -0.395 e. The minimum absolute atomic E-state index is 0.0412. The first-order valence-corrected chi connectivity index (χ1v) is 8.21. The molecule has 1 unspecified atom stereocenters. The van der Waals surface area contributed by atoms with E-state index in [1.165, 1.54) is 11.3 Å². The monoisotopic (exact) mass is 307 g/mol. The van der Waals surface area contributed by atoms with Crippen LogP contribution < -0.4 is 0 Å². The maximum absolute atomic E-state index is 12.5. The molecule has 0 aromatic carbocycles. The highest BCUT2D eigenvalue weighted by atomic mass is 32.1. The van der Waals surface area contributed by atoms with E-state index in [0.717, 1.165) is 24.3 Å². The second-order valence-corrected chi connectivity index (χ2v) is 5.87. The molecule has 4 nitrogen and oxygen atoms in total. The number of rotatable bonds is 5. The first-order valence-electron chi connectivity index (χ1n) is 7.33. The Morgan fingerprint density at radius 3 is 3.14 bits per heavy atom. The molecule has 0 spiro atoms. The zero-order chi connectivity index (χ0) is 15.1. The Hall–Kier alpha value is -1.35. The van der Waals surface area contributed by atoms with Crippen molar-refractivity contribution in [2.24, 2.45) is 0 Å². The summed E-state index contributed by atoms with van der Waals surface area (Å²) in [6.45, 7) is 4.20. The van der Waals surface area contributed by atoms with Crippen molar-refractivity contribution in [3.63, 3.8) is 0 Å². The van der Waals surface area contributed by atoms with Gasteiger partial charge in [0.05, 0.1) is 23.2 Å². The molecule has 114 valence electrons. The Labute approximate surface area is 129 Å². The van der Waals surface area contributed by atoms with Crippen LogP contribution in [-0.2, 0) is 4.74 Å². The molecule has 1 N–H and O–H groups in total. The van der Waals surface area contributed by atoms with E-state index in [-0.39, 0.29) is 18.6 Å². The summed E-state index contributed by atoms with van der Waals surface area (Å²) in [5.74, 6) is 5.88. The van der Waals surface area contributed by atoms with Crippen molar-refractivity contribution < 1.29 is 14.6 Å².